The minimum atomic E-state index is -4.27. The molecule has 3 N–H and O–H groups in total. The van der Waals surface area contributed by atoms with E-state index in [0.29, 0.717) is 10.7 Å². The maximum absolute atomic E-state index is 12.1. The summed E-state index contributed by atoms with van der Waals surface area (Å²) in [5.41, 5.74) is -1.93. The highest BCUT2D eigenvalue weighted by molar-refractivity contribution is 7.89. The van der Waals surface area contributed by atoms with Crippen molar-refractivity contribution in [1.29, 1.82) is 0 Å². The van der Waals surface area contributed by atoms with Crippen LogP contribution >= 0.6 is 0 Å². The molecule has 0 fully saturated rings. The molecule has 0 aromatic carbocycles. The van der Waals surface area contributed by atoms with Gasteiger partial charge in [-0.1, -0.05) is 6.92 Å². The first-order valence-electron chi connectivity index (χ1n) is 5.33. The lowest BCUT2D eigenvalue weighted by atomic mass is 10.5. The zero-order chi connectivity index (χ0) is 14.6. The van der Waals surface area contributed by atoms with Crippen molar-refractivity contribution < 1.29 is 18.3 Å². The van der Waals surface area contributed by atoms with Gasteiger partial charge in [-0.25, -0.2) is 13.2 Å². The predicted molar refractivity (Wildman–Crippen MR) is 64.4 cm³/mol. The molecule has 9 nitrogen and oxygen atoms in total. The van der Waals surface area contributed by atoms with E-state index in [1.165, 1.54) is 0 Å². The van der Waals surface area contributed by atoms with E-state index < -0.39 is 38.7 Å². The Balaban J connectivity index is 3.30. The fourth-order valence-electron chi connectivity index (χ4n) is 1.41. The van der Waals surface area contributed by atoms with Crippen LogP contribution in [0.4, 0.5) is 0 Å². The van der Waals surface area contributed by atoms with E-state index in [0.717, 1.165) is 6.20 Å². The molecule has 19 heavy (non-hydrogen) atoms. The molecule has 0 spiro atoms. The van der Waals surface area contributed by atoms with E-state index in [1.54, 1.807) is 11.9 Å². The summed E-state index contributed by atoms with van der Waals surface area (Å²) in [6.07, 6.45) is 1.13. The van der Waals surface area contributed by atoms with Crippen molar-refractivity contribution >= 4 is 16.0 Å². The van der Waals surface area contributed by atoms with Gasteiger partial charge in [0.1, 0.15) is 6.54 Å². The van der Waals surface area contributed by atoms with E-state index in [4.69, 9.17) is 5.11 Å². The number of nitrogens with one attached hydrogen (secondary N) is 2. The molecule has 0 amide bonds. The van der Waals surface area contributed by atoms with Crippen LogP contribution in [0.15, 0.2) is 20.7 Å². The summed E-state index contributed by atoms with van der Waals surface area (Å²) < 4.78 is 24.9. The van der Waals surface area contributed by atoms with Gasteiger partial charge >= 0.3 is 11.7 Å². The van der Waals surface area contributed by atoms with Crippen molar-refractivity contribution in [3.05, 3.63) is 27.0 Å². The zero-order valence-corrected chi connectivity index (χ0v) is 10.9. The molecular formula is C9H13N3O6S. The van der Waals surface area contributed by atoms with Gasteiger partial charge in [0, 0.05) is 12.7 Å². The predicted octanol–water partition coefficient (Wildman–Crippen LogP) is -1.45. The molecule has 1 aromatic rings. The van der Waals surface area contributed by atoms with Crippen molar-refractivity contribution in [2.24, 2.45) is 0 Å². The summed E-state index contributed by atoms with van der Waals surface area (Å²) in [6, 6.07) is 0. The number of carboxylic acids is 1. The van der Waals surface area contributed by atoms with E-state index in [1.807, 2.05) is 4.98 Å². The minimum Gasteiger partial charge on any atom is -0.480 e. The third-order valence-corrected chi connectivity index (χ3v) is 4.04. The summed E-state index contributed by atoms with van der Waals surface area (Å²) in [5.74, 6) is -1.34. The molecule has 0 saturated carbocycles. The quantitative estimate of drug-likeness (QED) is 0.585. The highest BCUT2D eigenvalue weighted by Gasteiger charge is 2.28. The summed E-state index contributed by atoms with van der Waals surface area (Å²) in [6.45, 7) is 0.864. The van der Waals surface area contributed by atoms with Crippen LogP contribution in [0.25, 0.3) is 0 Å². The molecule has 0 aliphatic heterocycles. The number of aromatic nitrogens is 2. The average molecular weight is 291 g/mol. The number of sulfonamides is 1. The largest absolute Gasteiger partial charge is 0.480 e. The molecule has 0 unspecified atom stereocenters. The second kappa shape index (κ2) is 5.80. The molecule has 106 valence electrons. The third-order valence-electron chi connectivity index (χ3n) is 2.19. The minimum absolute atomic E-state index is 0.0484. The first-order chi connectivity index (χ1) is 8.78. The van der Waals surface area contributed by atoms with Gasteiger partial charge in [0.2, 0.25) is 0 Å². The van der Waals surface area contributed by atoms with Crippen LogP contribution in [0.3, 0.4) is 0 Å². The average Bonchev–Trinajstić information content (AvgIpc) is 2.27. The maximum atomic E-state index is 12.1. The molecule has 10 heteroatoms. The maximum Gasteiger partial charge on any atom is 0.325 e. The van der Waals surface area contributed by atoms with Gasteiger partial charge in [0.05, 0.1) is 0 Å². The highest BCUT2D eigenvalue weighted by Crippen LogP contribution is 2.10. The monoisotopic (exact) mass is 291 g/mol. The second-order valence-electron chi connectivity index (χ2n) is 3.67. The Morgan fingerprint density at radius 3 is 2.53 bits per heavy atom. The number of nitrogens with zero attached hydrogens (tertiary/aromatic N) is 1. The van der Waals surface area contributed by atoms with Gasteiger partial charge in [-0.3, -0.25) is 14.6 Å². The fourth-order valence-corrected chi connectivity index (χ4v) is 2.89. The van der Waals surface area contributed by atoms with E-state index >= 15 is 0 Å². The molecule has 0 radical (unpaired) electrons. The van der Waals surface area contributed by atoms with Crippen LogP contribution in [-0.2, 0) is 14.8 Å². The summed E-state index contributed by atoms with van der Waals surface area (Å²) >= 11 is 0. The third kappa shape index (κ3) is 3.51. The van der Waals surface area contributed by atoms with Crippen molar-refractivity contribution in [1.82, 2.24) is 14.3 Å². The van der Waals surface area contributed by atoms with Crippen LogP contribution in [-0.4, -0.2) is 46.9 Å². The number of hydrogen-bond acceptors (Lipinski definition) is 5. The van der Waals surface area contributed by atoms with Gasteiger partial charge in [-0.2, -0.15) is 4.31 Å². The van der Waals surface area contributed by atoms with E-state index in [9.17, 15) is 22.8 Å². The first kappa shape index (κ1) is 15.1. The fraction of sp³-hybridized carbons (Fsp3) is 0.444. The van der Waals surface area contributed by atoms with Gasteiger partial charge in [0.25, 0.3) is 15.6 Å². The van der Waals surface area contributed by atoms with Crippen molar-refractivity contribution in [3.63, 3.8) is 0 Å². The Morgan fingerprint density at radius 2 is 2.05 bits per heavy atom. The zero-order valence-electron chi connectivity index (χ0n) is 10.0. The molecule has 0 aliphatic rings. The standard InChI is InChI=1S/C9H13N3O6S/c1-2-3-12(5-7(13)14)19(17,18)6-4-10-9(16)11-8(6)15/h4H,2-3,5H2,1H3,(H,13,14)(H2,10,11,15,16). The Kier molecular flexibility index (Phi) is 4.62. The summed E-state index contributed by atoms with van der Waals surface area (Å²) in [7, 11) is -4.27. The van der Waals surface area contributed by atoms with Crippen LogP contribution < -0.4 is 11.2 Å². The molecule has 0 bridgehead atoms. The number of H-pyrrole nitrogens is 2. The van der Waals surface area contributed by atoms with E-state index in [2.05, 4.69) is 0 Å². The van der Waals surface area contributed by atoms with Gasteiger partial charge in [0.15, 0.2) is 4.90 Å². The van der Waals surface area contributed by atoms with Crippen molar-refractivity contribution in [3.8, 4) is 0 Å². The normalized spacial score (nSPS) is 11.7. The molecule has 1 aromatic heterocycles. The van der Waals surface area contributed by atoms with Crippen molar-refractivity contribution in [2.45, 2.75) is 18.2 Å². The molecule has 1 heterocycles. The lowest BCUT2D eigenvalue weighted by Crippen LogP contribution is -2.39. The summed E-state index contributed by atoms with van der Waals surface area (Å²) in [4.78, 5) is 36.0. The second-order valence-corrected chi connectivity index (χ2v) is 5.57. The van der Waals surface area contributed by atoms with Crippen molar-refractivity contribution in [2.75, 3.05) is 13.1 Å². The lowest BCUT2D eigenvalue weighted by Gasteiger charge is -2.18. The lowest BCUT2D eigenvalue weighted by molar-refractivity contribution is -0.137. The Labute approximate surface area is 107 Å². The van der Waals surface area contributed by atoms with Gasteiger partial charge in [-0.15, -0.1) is 0 Å². The van der Waals surface area contributed by atoms with Crippen LogP contribution in [0, 0.1) is 0 Å². The van der Waals surface area contributed by atoms with Crippen LogP contribution in [0.2, 0.25) is 0 Å². The van der Waals surface area contributed by atoms with Crippen LogP contribution in [0.1, 0.15) is 13.3 Å². The molecule has 0 atom stereocenters. The molecule has 0 saturated heterocycles. The van der Waals surface area contributed by atoms with E-state index in [-0.39, 0.29) is 6.54 Å². The molecule has 0 aliphatic carbocycles. The number of carbonyl (C=O) groups is 1. The summed E-state index contributed by atoms with van der Waals surface area (Å²) in [5, 5.41) is 8.68. The molecule has 1 rings (SSSR count). The van der Waals surface area contributed by atoms with Gasteiger partial charge < -0.3 is 10.1 Å². The Bertz CT molecular complexity index is 674. The number of aromatic amines is 2. The smallest absolute Gasteiger partial charge is 0.325 e. The van der Waals surface area contributed by atoms with Gasteiger partial charge in [-0.05, 0) is 6.42 Å². The van der Waals surface area contributed by atoms with Crippen LogP contribution in [0.5, 0.6) is 0 Å². The Hall–Kier alpha value is -1.94. The Morgan fingerprint density at radius 1 is 1.42 bits per heavy atom. The first-order valence-corrected chi connectivity index (χ1v) is 6.77. The number of carboxylic acid groups (broad SMARTS) is 1. The number of rotatable bonds is 6. The SMILES string of the molecule is CCCN(CC(=O)O)S(=O)(=O)c1c[nH]c(=O)[nH]c1=O. The highest BCUT2D eigenvalue weighted by atomic mass is 32.2. The topological polar surface area (TPSA) is 140 Å². The number of aliphatic carboxylic acids is 1. The number of hydrogen-bond donors (Lipinski definition) is 3. The molecular weight excluding hydrogens is 278 g/mol.